The molecule has 0 amide bonds. The van der Waals surface area contributed by atoms with Gasteiger partial charge in [-0.05, 0) is 78.0 Å². The first-order valence-electron chi connectivity index (χ1n) is 15.7. The molecule has 0 unspecified atom stereocenters. The maximum atomic E-state index is 12.1. The molecule has 3 nitrogen and oxygen atoms in total. The molecule has 0 aliphatic carbocycles. The average molecular weight is 529 g/mol. The van der Waals surface area contributed by atoms with Crippen molar-refractivity contribution in [2.24, 2.45) is 5.92 Å². The molecule has 1 aromatic rings. The maximum Gasteiger partial charge on any atom is 0.313 e. The Hall–Kier alpha value is -1.77. The van der Waals surface area contributed by atoms with Gasteiger partial charge in [-0.2, -0.15) is 0 Å². The predicted octanol–water partition coefficient (Wildman–Crippen LogP) is 10.8. The molecular weight excluding hydrogens is 468 g/mol. The average Bonchev–Trinajstić information content (AvgIpc) is 2.87. The highest BCUT2D eigenvalue weighted by atomic mass is 16.6. The molecule has 0 aromatic heterocycles. The van der Waals surface area contributed by atoms with Crippen LogP contribution in [0.1, 0.15) is 149 Å². The Morgan fingerprint density at radius 2 is 1.16 bits per heavy atom. The van der Waals surface area contributed by atoms with E-state index in [9.17, 15) is 4.79 Å². The Kier molecular flexibility index (Phi) is 19.0. The molecule has 0 fully saturated rings. The van der Waals surface area contributed by atoms with Crippen molar-refractivity contribution in [1.82, 2.24) is 0 Å². The smallest absolute Gasteiger partial charge is 0.313 e. The molecule has 38 heavy (non-hydrogen) atoms. The largest absolute Gasteiger partial charge is 0.497 e. The number of benzene rings is 1. The number of esters is 1. The summed E-state index contributed by atoms with van der Waals surface area (Å²) in [7, 11) is 1.72. The molecule has 1 rings (SSSR count). The maximum absolute atomic E-state index is 12.1. The van der Waals surface area contributed by atoms with Crippen LogP contribution >= 0.6 is 0 Å². The number of allylic oxidation sites excluding steroid dienone is 1. The van der Waals surface area contributed by atoms with Gasteiger partial charge in [-0.25, -0.2) is 0 Å². The molecule has 0 N–H and O–H groups in total. The van der Waals surface area contributed by atoms with Gasteiger partial charge in [0.1, 0.15) is 11.4 Å². The van der Waals surface area contributed by atoms with Crippen LogP contribution in [0.25, 0.3) is 0 Å². The van der Waals surface area contributed by atoms with Gasteiger partial charge in [0.2, 0.25) is 0 Å². The lowest BCUT2D eigenvalue weighted by atomic mass is 10.0. The molecule has 0 spiro atoms. The van der Waals surface area contributed by atoms with Crippen LogP contribution in [-0.4, -0.2) is 18.7 Å². The third-order valence-corrected chi connectivity index (χ3v) is 7.26. The first-order valence-corrected chi connectivity index (χ1v) is 15.7. The molecule has 218 valence electrons. The molecule has 0 heterocycles. The van der Waals surface area contributed by atoms with Crippen molar-refractivity contribution in [1.29, 1.82) is 0 Å². The number of rotatable bonds is 22. The molecule has 0 aliphatic rings. The van der Waals surface area contributed by atoms with Gasteiger partial charge < -0.3 is 9.47 Å². The van der Waals surface area contributed by atoms with Crippen LogP contribution in [0.2, 0.25) is 0 Å². The van der Waals surface area contributed by atoms with E-state index in [1.54, 1.807) is 7.11 Å². The number of methoxy groups -OCH3 is 1. The van der Waals surface area contributed by atoms with Gasteiger partial charge in [0.25, 0.3) is 0 Å². The van der Waals surface area contributed by atoms with Gasteiger partial charge >= 0.3 is 5.97 Å². The highest BCUT2D eigenvalue weighted by Crippen LogP contribution is 2.18. The number of carbonyl (C=O) groups is 1. The topological polar surface area (TPSA) is 35.5 Å². The van der Waals surface area contributed by atoms with Crippen molar-refractivity contribution in [2.45, 2.75) is 156 Å². The summed E-state index contributed by atoms with van der Waals surface area (Å²) in [5.41, 5.74) is 2.33. The molecule has 3 heteroatoms. The fourth-order valence-electron chi connectivity index (χ4n) is 4.97. The quantitative estimate of drug-likeness (QED) is 0.0852. The summed E-state index contributed by atoms with van der Waals surface area (Å²) in [4.78, 5) is 12.1. The first kappa shape index (κ1) is 34.3. The second kappa shape index (κ2) is 21.1. The van der Waals surface area contributed by atoms with E-state index in [4.69, 9.17) is 9.47 Å². The Bertz CT molecular complexity index is 741. The monoisotopic (exact) mass is 528 g/mol. The van der Waals surface area contributed by atoms with Crippen molar-refractivity contribution in [3.8, 4) is 5.75 Å². The van der Waals surface area contributed by atoms with Gasteiger partial charge in [0.05, 0.1) is 13.0 Å². The van der Waals surface area contributed by atoms with E-state index >= 15 is 0 Å². The van der Waals surface area contributed by atoms with Crippen LogP contribution in [0.15, 0.2) is 35.9 Å². The second-order valence-electron chi connectivity index (χ2n) is 12.3. The second-order valence-corrected chi connectivity index (χ2v) is 12.3. The van der Waals surface area contributed by atoms with E-state index in [1.807, 2.05) is 27.7 Å². The zero-order valence-corrected chi connectivity index (χ0v) is 25.9. The number of ether oxygens (including phenoxy) is 2. The highest BCUT2D eigenvalue weighted by molar-refractivity contribution is 5.74. The van der Waals surface area contributed by atoms with Crippen LogP contribution < -0.4 is 4.74 Å². The van der Waals surface area contributed by atoms with Crippen molar-refractivity contribution in [2.75, 3.05) is 7.11 Å². The fourth-order valence-corrected chi connectivity index (χ4v) is 4.97. The van der Waals surface area contributed by atoms with Gasteiger partial charge in [0, 0.05) is 0 Å². The zero-order valence-electron chi connectivity index (χ0n) is 25.9. The van der Waals surface area contributed by atoms with Crippen LogP contribution in [0, 0.1) is 5.92 Å². The van der Waals surface area contributed by atoms with Gasteiger partial charge in [-0.3, -0.25) is 4.79 Å². The standard InChI is InChI=1S/C35H60O3/c1-30(29-31(2)34(36)38-35(3,4)5)23-21-19-17-15-13-11-9-7-8-10-12-14-16-18-20-22-24-32-25-27-33(37-6)28-26-32/h25-29,31H,7-24H2,1-6H3/b30-29+/t31-/m1/s1. The van der Waals surface area contributed by atoms with Gasteiger partial charge in [-0.15, -0.1) is 0 Å². The molecule has 0 saturated carbocycles. The van der Waals surface area contributed by atoms with E-state index in [2.05, 4.69) is 37.3 Å². The summed E-state index contributed by atoms with van der Waals surface area (Å²) in [6, 6.07) is 8.52. The number of unbranched alkanes of at least 4 members (excludes halogenated alkanes) is 15. The summed E-state index contributed by atoms with van der Waals surface area (Å²) in [6.07, 6.45) is 26.4. The molecule has 1 atom stereocenters. The summed E-state index contributed by atoms with van der Waals surface area (Å²) in [5, 5.41) is 0. The Balaban J connectivity index is 1.83. The normalized spacial score (nSPS) is 12.9. The number of hydrogen-bond donors (Lipinski definition) is 0. The first-order chi connectivity index (χ1) is 18.2. The van der Waals surface area contributed by atoms with Gasteiger partial charge in [-0.1, -0.05) is 114 Å². The molecular formula is C35H60O3. The zero-order chi connectivity index (χ0) is 28.1. The van der Waals surface area contributed by atoms with E-state index in [0.29, 0.717) is 0 Å². The summed E-state index contributed by atoms with van der Waals surface area (Å²) < 4.78 is 10.7. The van der Waals surface area contributed by atoms with E-state index < -0.39 is 5.60 Å². The molecule has 0 aliphatic heterocycles. The Morgan fingerprint density at radius 3 is 1.58 bits per heavy atom. The summed E-state index contributed by atoms with van der Waals surface area (Å²) in [5.74, 6) is 0.671. The van der Waals surface area contributed by atoms with E-state index in [0.717, 1.165) is 12.2 Å². The Labute approximate surface area is 236 Å². The highest BCUT2D eigenvalue weighted by Gasteiger charge is 2.20. The lowest BCUT2D eigenvalue weighted by Gasteiger charge is -2.21. The van der Waals surface area contributed by atoms with Crippen LogP contribution in [0.3, 0.4) is 0 Å². The molecule has 0 bridgehead atoms. The fraction of sp³-hybridized carbons (Fsp3) is 0.743. The molecule has 0 radical (unpaired) electrons. The van der Waals surface area contributed by atoms with E-state index in [1.165, 1.54) is 120 Å². The van der Waals surface area contributed by atoms with Crippen LogP contribution in [-0.2, 0) is 16.0 Å². The van der Waals surface area contributed by atoms with Crippen molar-refractivity contribution >= 4 is 5.97 Å². The summed E-state index contributed by atoms with van der Waals surface area (Å²) >= 11 is 0. The lowest BCUT2D eigenvalue weighted by molar-refractivity contribution is -0.157. The van der Waals surface area contributed by atoms with Gasteiger partial charge in [0.15, 0.2) is 0 Å². The van der Waals surface area contributed by atoms with Crippen molar-refractivity contribution in [3.63, 3.8) is 0 Å². The minimum atomic E-state index is -0.410. The summed E-state index contributed by atoms with van der Waals surface area (Å²) in [6.45, 7) is 9.84. The third-order valence-electron chi connectivity index (χ3n) is 7.26. The Morgan fingerprint density at radius 1 is 0.737 bits per heavy atom. The number of hydrogen-bond acceptors (Lipinski definition) is 3. The number of aryl methyl sites for hydroxylation is 1. The number of carbonyl (C=O) groups excluding carboxylic acids is 1. The van der Waals surface area contributed by atoms with Crippen molar-refractivity contribution in [3.05, 3.63) is 41.5 Å². The SMILES string of the molecule is COc1ccc(CCCCCCCCCCCCCCCCCC/C(C)=C/[C@@H](C)C(=O)OC(C)(C)C)cc1. The molecule has 1 aromatic carbocycles. The minimum Gasteiger partial charge on any atom is -0.497 e. The van der Waals surface area contributed by atoms with Crippen LogP contribution in [0.5, 0.6) is 5.75 Å². The lowest BCUT2D eigenvalue weighted by Crippen LogP contribution is -2.27. The van der Waals surface area contributed by atoms with Crippen LogP contribution in [0.4, 0.5) is 0 Å². The van der Waals surface area contributed by atoms with Crippen molar-refractivity contribution < 1.29 is 14.3 Å². The minimum absolute atomic E-state index is 0.121. The van der Waals surface area contributed by atoms with E-state index in [-0.39, 0.29) is 11.9 Å². The third kappa shape index (κ3) is 19.3. The predicted molar refractivity (Wildman–Crippen MR) is 164 cm³/mol. The molecule has 0 saturated heterocycles.